The number of nitrogens with zero attached hydrogens (tertiary/aromatic N) is 1. The Morgan fingerprint density at radius 2 is 1.52 bits per heavy atom. The van der Waals surface area contributed by atoms with E-state index in [2.05, 4.69) is 68.2 Å². The summed E-state index contributed by atoms with van der Waals surface area (Å²) in [5.74, 6) is 0. The number of aromatic nitrogens is 1. The molecule has 27 heavy (non-hydrogen) atoms. The van der Waals surface area contributed by atoms with E-state index in [4.69, 9.17) is 9.40 Å². The third-order valence-electron chi connectivity index (χ3n) is 5.24. The molecule has 0 amide bonds. The van der Waals surface area contributed by atoms with Gasteiger partial charge in [0.25, 0.3) is 0 Å². The summed E-state index contributed by atoms with van der Waals surface area (Å²) in [7, 11) is -1.52. The van der Waals surface area contributed by atoms with Gasteiger partial charge in [-0.2, -0.15) is 0 Å². The van der Waals surface area contributed by atoms with Crippen LogP contribution in [0.5, 0.6) is 0 Å². The van der Waals surface area contributed by atoms with Crippen LogP contribution in [-0.2, 0) is 0 Å². The van der Waals surface area contributed by atoms with Gasteiger partial charge in [-0.05, 0) is 35.0 Å². The quantitative estimate of drug-likeness (QED) is 0.340. The van der Waals surface area contributed by atoms with Gasteiger partial charge in [-0.1, -0.05) is 67.3 Å². The van der Waals surface area contributed by atoms with E-state index < -0.39 is 8.07 Å². The Labute approximate surface area is 159 Å². The molecule has 0 aliphatic rings. The number of furan rings is 1. The van der Waals surface area contributed by atoms with Crippen molar-refractivity contribution < 1.29 is 4.42 Å². The maximum atomic E-state index is 5.85. The molecular weight excluding hydrogens is 346 g/mol. The summed E-state index contributed by atoms with van der Waals surface area (Å²) in [5.41, 5.74) is 4.06. The van der Waals surface area contributed by atoms with Crippen LogP contribution in [0.3, 0.4) is 0 Å². The first kappa shape index (κ1) is 16.3. The molecule has 3 heteroatoms. The van der Waals surface area contributed by atoms with Gasteiger partial charge in [0.2, 0.25) is 0 Å². The van der Waals surface area contributed by atoms with Gasteiger partial charge in [0, 0.05) is 16.3 Å². The first-order chi connectivity index (χ1) is 13.0. The molecule has 0 saturated carbocycles. The van der Waals surface area contributed by atoms with Crippen LogP contribution in [0.15, 0.2) is 77.4 Å². The molecule has 0 fully saturated rings. The summed E-state index contributed by atoms with van der Waals surface area (Å²) >= 11 is 0. The minimum absolute atomic E-state index is 0.915. The van der Waals surface area contributed by atoms with Crippen molar-refractivity contribution in [3.05, 3.63) is 73.0 Å². The number of pyridine rings is 1. The number of hydrogen-bond acceptors (Lipinski definition) is 2. The normalized spacial score (nSPS) is 12.3. The Balaban J connectivity index is 1.89. The molecule has 132 valence electrons. The van der Waals surface area contributed by atoms with E-state index in [1.807, 2.05) is 18.2 Å². The van der Waals surface area contributed by atoms with Crippen molar-refractivity contribution in [2.45, 2.75) is 19.6 Å². The van der Waals surface area contributed by atoms with Crippen LogP contribution in [0.2, 0.25) is 19.6 Å². The number of para-hydroxylation sites is 1. The summed E-state index contributed by atoms with van der Waals surface area (Å²) in [5, 5.41) is 6.25. The van der Waals surface area contributed by atoms with Crippen molar-refractivity contribution >= 4 is 45.9 Å². The van der Waals surface area contributed by atoms with Gasteiger partial charge in [-0.25, -0.2) is 4.98 Å². The van der Waals surface area contributed by atoms with Crippen molar-refractivity contribution in [3.63, 3.8) is 0 Å². The summed E-state index contributed by atoms with van der Waals surface area (Å²) in [4.78, 5) is 5.03. The standard InChI is InChI=1S/C24H21NOSi/c1-27(2,3)22-15-17(14-16-8-4-5-9-18(16)22)23-20-12-13-26-24(20)19-10-6-7-11-21(19)25-23/h4-15H,1-3H3. The van der Waals surface area contributed by atoms with Crippen molar-refractivity contribution in [1.82, 2.24) is 4.98 Å². The van der Waals surface area contributed by atoms with E-state index in [0.29, 0.717) is 0 Å². The second kappa shape index (κ2) is 5.79. The van der Waals surface area contributed by atoms with Gasteiger partial charge in [0.05, 0.1) is 25.5 Å². The topological polar surface area (TPSA) is 26.0 Å². The summed E-state index contributed by atoms with van der Waals surface area (Å²) < 4.78 is 5.85. The average Bonchev–Trinajstić information content (AvgIpc) is 3.16. The molecule has 0 saturated heterocycles. The molecule has 2 heterocycles. The fourth-order valence-corrected chi connectivity index (χ4v) is 5.56. The van der Waals surface area contributed by atoms with E-state index in [0.717, 1.165) is 27.6 Å². The second-order valence-corrected chi connectivity index (χ2v) is 13.2. The molecule has 0 unspecified atom stereocenters. The largest absolute Gasteiger partial charge is 0.464 e. The van der Waals surface area contributed by atoms with Crippen molar-refractivity contribution in [2.24, 2.45) is 0 Å². The maximum Gasteiger partial charge on any atom is 0.145 e. The molecule has 0 atom stereocenters. The van der Waals surface area contributed by atoms with E-state index in [1.165, 1.54) is 21.5 Å². The van der Waals surface area contributed by atoms with Crippen LogP contribution in [0.1, 0.15) is 0 Å². The molecule has 0 aliphatic heterocycles. The molecule has 2 nitrogen and oxygen atoms in total. The Bertz CT molecular complexity index is 1310. The van der Waals surface area contributed by atoms with Crippen LogP contribution in [-0.4, -0.2) is 13.1 Å². The number of rotatable bonds is 2. The zero-order valence-electron chi connectivity index (χ0n) is 15.8. The molecule has 5 rings (SSSR count). The minimum atomic E-state index is -1.52. The average molecular weight is 368 g/mol. The highest BCUT2D eigenvalue weighted by Gasteiger charge is 2.21. The summed E-state index contributed by atoms with van der Waals surface area (Å²) in [6.45, 7) is 7.21. The maximum absolute atomic E-state index is 5.85. The third kappa shape index (κ3) is 2.58. The Morgan fingerprint density at radius 3 is 2.33 bits per heavy atom. The third-order valence-corrected chi connectivity index (χ3v) is 7.27. The monoisotopic (exact) mass is 367 g/mol. The predicted molar refractivity (Wildman–Crippen MR) is 117 cm³/mol. The van der Waals surface area contributed by atoms with Crippen LogP contribution >= 0.6 is 0 Å². The fraction of sp³-hybridized carbons (Fsp3) is 0.125. The molecular formula is C24H21NOSi. The van der Waals surface area contributed by atoms with E-state index in [1.54, 1.807) is 6.26 Å². The Kier molecular flexibility index (Phi) is 3.49. The molecule has 0 aliphatic carbocycles. The zero-order valence-corrected chi connectivity index (χ0v) is 16.8. The van der Waals surface area contributed by atoms with E-state index >= 15 is 0 Å². The lowest BCUT2D eigenvalue weighted by Crippen LogP contribution is -2.38. The van der Waals surface area contributed by atoms with Gasteiger partial charge < -0.3 is 4.42 Å². The van der Waals surface area contributed by atoms with E-state index in [-0.39, 0.29) is 0 Å². The van der Waals surface area contributed by atoms with Crippen LogP contribution in [0.25, 0.3) is 43.9 Å². The SMILES string of the molecule is C[Si](C)(C)c1cc(-c2nc3ccccc3c3occc23)cc2ccccc12. The summed E-state index contributed by atoms with van der Waals surface area (Å²) in [6, 6.07) is 23.5. The van der Waals surface area contributed by atoms with Crippen LogP contribution in [0.4, 0.5) is 0 Å². The first-order valence-corrected chi connectivity index (χ1v) is 12.8. The Hall–Kier alpha value is -2.91. The first-order valence-electron chi connectivity index (χ1n) is 9.32. The van der Waals surface area contributed by atoms with Crippen molar-refractivity contribution in [1.29, 1.82) is 0 Å². The highest BCUT2D eigenvalue weighted by atomic mass is 28.3. The Morgan fingerprint density at radius 1 is 0.778 bits per heavy atom. The summed E-state index contributed by atoms with van der Waals surface area (Å²) in [6.07, 6.45) is 1.77. The second-order valence-electron chi connectivity index (χ2n) is 8.14. The minimum Gasteiger partial charge on any atom is -0.464 e. The van der Waals surface area contributed by atoms with Gasteiger partial charge in [-0.15, -0.1) is 0 Å². The van der Waals surface area contributed by atoms with Gasteiger partial charge >= 0.3 is 0 Å². The molecule has 3 aromatic carbocycles. The lowest BCUT2D eigenvalue weighted by atomic mass is 10.0. The highest BCUT2D eigenvalue weighted by Crippen LogP contribution is 2.34. The van der Waals surface area contributed by atoms with E-state index in [9.17, 15) is 0 Å². The molecule has 5 aromatic rings. The smallest absolute Gasteiger partial charge is 0.145 e. The lowest BCUT2D eigenvalue weighted by molar-refractivity contribution is 0.619. The fourth-order valence-electron chi connectivity index (χ4n) is 3.94. The van der Waals surface area contributed by atoms with Crippen LogP contribution in [0, 0.1) is 0 Å². The number of benzene rings is 3. The number of fused-ring (bicyclic) bond motifs is 4. The van der Waals surface area contributed by atoms with Crippen molar-refractivity contribution in [2.75, 3.05) is 0 Å². The zero-order chi connectivity index (χ0) is 18.6. The van der Waals surface area contributed by atoms with Crippen molar-refractivity contribution in [3.8, 4) is 11.3 Å². The molecule has 2 aromatic heterocycles. The van der Waals surface area contributed by atoms with Gasteiger partial charge in [-0.3, -0.25) is 0 Å². The molecule has 0 N–H and O–H groups in total. The molecule has 0 bridgehead atoms. The molecule has 0 spiro atoms. The van der Waals surface area contributed by atoms with Gasteiger partial charge in [0.15, 0.2) is 0 Å². The number of hydrogen-bond donors (Lipinski definition) is 0. The van der Waals surface area contributed by atoms with Gasteiger partial charge in [0.1, 0.15) is 5.58 Å². The van der Waals surface area contributed by atoms with Crippen LogP contribution < -0.4 is 5.19 Å². The predicted octanol–water partition coefficient (Wildman–Crippen LogP) is 6.35. The lowest BCUT2D eigenvalue weighted by Gasteiger charge is -2.21. The molecule has 0 radical (unpaired) electrons. The highest BCUT2D eigenvalue weighted by molar-refractivity contribution is 6.90.